The minimum Gasteiger partial charge on any atom is -0.317 e. The highest BCUT2D eigenvalue weighted by Gasteiger charge is 2.35. The Bertz CT molecular complexity index is 444. The van der Waals surface area contributed by atoms with Crippen LogP contribution in [0.5, 0.6) is 0 Å². The molecule has 6 heteroatoms. The van der Waals surface area contributed by atoms with Gasteiger partial charge in [-0.05, 0) is 51.7 Å². The smallest absolute Gasteiger partial charge is 0.150 e. The molecule has 21 heavy (non-hydrogen) atoms. The summed E-state index contributed by atoms with van der Waals surface area (Å²) in [6, 6.07) is 0.569. The second kappa shape index (κ2) is 7.70. The largest absolute Gasteiger partial charge is 0.317 e. The third-order valence-electron chi connectivity index (χ3n) is 4.76. The molecule has 0 aliphatic carbocycles. The van der Waals surface area contributed by atoms with Crippen LogP contribution >= 0.6 is 0 Å². The standard InChI is InChI=1S/C15H28N2O3S/c1-2-21(19,20)12-4-6-15(18)14-5-3-11-17(14)13-7-9-16-10-8-13/h13-14,16H,2-12H2,1H3. The van der Waals surface area contributed by atoms with Crippen molar-refractivity contribution in [3.8, 4) is 0 Å². The first kappa shape index (κ1) is 16.9. The van der Waals surface area contributed by atoms with Gasteiger partial charge in [-0.2, -0.15) is 0 Å². The third-order valence-corrected chi connectivity index (χ3v) is 6.55. The normalized spacial score (nSPS) is 25.3. The summed E-state index contributed by atoms with van der Waals surface area (Å²) >= 11 is 0. The van der Waals surface area contributed by atoms with Gasteiger partial charge in [-0.15, -0.1) is 0 Å². The molecule has 0 aromatic rings. The van der Waals surface area contributed by atoms with Crippen LogP contribution in [0.4, 0.5) is 0 Å². The summed E-state index contributed by atoms with van der Waals surface area (Å²) in [5.74, 6) is 0.568. The lowest BCUT2D eigenvalue weighted by Gasteiger charge is -2.35. The van der Waals surface area contributed by atoms with E-state index in [0.29, 0.717) is 18.9 Å². The minimum atomic E-state index is -2.95. The van der Waals surface area contributed by atoms with E-state index in [1.165, 1.54) is 0 Å². The average Bonchev–Trinajstić information content (AvgIpc) is 2.97. The summed E-state index contributed by atoms with van der Waals surface area (Å²) in [6.45, 7) is 4.76. The van der Waals surface area contributed by atoms with E-state index in [1.807, 2.05) is 0 Å². The van der Waals surface area contributed by atoms with Crippen molar-refractivity contribution in [2.45, 2.75) is 57.5 Å². The van der Waals surface area contributed by atoms with Crippen molar-refractivity contribution in [1.29, 1.82) is 0 Å². The number of nitrogens with one attached hydrogen (secondary N) is 1. The predicted octanol–water partition coefficient (Wildman–Crippen LogP) is 0.987. The van der Waals surface area contributed by atoms with Gasteiger partial charge in [0.25, 0.3) is 0 Å². The first-order chi connectivity index (χ1) is 10.0. The molecule has 122 valence electrons. The molecule has 1 N–H and O–H groups in total. The van der Waals surface area contributed by atoms with Crippen LogP contribution in [0.15, 0.2) is 0 Å². The Hall–Kier alpha value is -0.460. The first-order valence-electron chi connectivity index (χ1n) is 8.23. The zero-order chi connectivity index (χ0) is 15.3. The number of hydrogen-bond acceptors (Lipinski definition) is 5. The molecule has 2 aliphatic heterocycles. The van der Waals surface area contributed by atoms with Crippen molar-refractivity contribution < 1.29 is 13.2 Å². The number of rotatable bonds is 7. The van der Waals surface area contributed by atoms with Crippen LogP contribution in [-0.2, 0) is 14.6 Å². The van der Waals surface area contributed by atoms with Gasteiger partial charge in [0.15, 0.2) is 0 Å². The Morgan fingerprint density at radius 3 is 2.62 bits per heavy atom. The molecule has 0 amide bonds. The van der Waals surface area contributed by atoms with Crippen LogP contribution in [0, 0.1) is 0 Å². The number of ketones is 1. The molecule has 1 unspecified atom stereocenters. The highest BCUT2D eigenvalue weighted by Crippen LogP contribution is 2.26. The lowest BCUT2D eigenvalue weighted by Crippen LogP contribution is -2.47. The van der Waals surface area contributed by atoms with Crippen molar-refractivity contribution in [1.82, 2.24) is 10.2 Å². The zero-order valence-corrected chi connectivity index (χ0v) is 13.8. The molecule has 1 atom stereocenters. The number of likely N-dealkylation sites (tertiary alicyclic amines) is 1. The molecule has 0 bridgehead atoms. The highest BCUT2D eigenvalue weighted by molar-refractivity contribution is 7.91. The first-order valence-corrected chi connectivity index (χ1v) is 10.0. The highest BCUT2D eigenvalue weighted by atomic mass is 32.2. The molecule has 0 aromatic heterocycles. The molecule has 2 saturated heterocycles. The Kier molecular flexibility index (Phi) is 6.20. The Balaban J connectivity index is 1.83. The van der Waals surface area contributed by atoms with Gasteiger partial charge in [0.05, 0.1) is 11.8 Å². The van der Waals surface area contributed by atoms with Gasteiger partial charge in [-0.3, -0.25) is 9.69 Å². The molecular formula is C15H28N2O3S. The number of carbonyl (C=O) groups excluding carboxylic acids is 1. The van der Waals surface area contributed by atoms with Gasteiger partial charge >= 0.3 is 0 Å². The molecule has 2 rings (SSSR count). The van der Waals surface area contributed by atoms with Crippen LogP contribution in [-0.4, -0.2) is 62.3 Å². The monoisotopic (exact) mass is 316 g/mol. The van der Waals surface area contributed by atoms with E-state index in [9.17, 15) is 13.2 Å². The van der Waals surface area contributed by atoms with E-state index < -0.39 is 9.84 Å². The summed E-state index contributed by atoms with van der Waals surface area (Å²) in [4.78, 5) is 14.8. The fourth-order valence-corrected chi connectivity index (χ4v) is 4.36. The quantitative estimate of drug-likeness (QED) is 0.758. The molecular weight excluding hydrogens is 288 g/mol. The van der Waals surface area contributed by atoms with Gasteiger partial charge in [0.2, 0.25) is 0 Å². The molecule has 0 aromatic carbocycles. The molecule has 0 spiro atoms. The van der Waals surface area contributed by atoms with Crippen LogP contribution in [0.3, 0.4) is 0 Å². The van der Waals surface area contributed by atoms with Gasteiger partial charge in [0, 0.05) is 18.2 Å². The molecule has 0 saturated carbocycles. The van der Waals surface area contributed by atoms with Gasteiger partial charge in [0.1, 0.15) is 15.6 Å². The average molecular weight is 316 g/mol. The molecule has 5 nitrogen and oxygen atoms in total. The Morgan fingerprint density at radius 2 is 1.95 bits per heavy atom. The lowest BCUT2D eigenvalue weighted by molar-refractivity contribution is -0.124. The number of hydrogen-bond donors (Lipinski definition) is 1. The number of piperidine rings is 1. The summed E-state index contributed by atoms with van der Waals surface area (Å²) in [6.07, 6.45) is 5.16. The number of Topliss-reactive ketones (excluding diaryl/α,β-unsaturated/α-hetero) is 1. The van der Waals surface area contributed by atoms with Crippen molar-refractivity contribution in [3.05, 3.63) is 0 Å². The number of nitrogens with zero attached hydrogens (tertiary/aromatic N) is 1. The number of carbonyl (C=O) groups is 1. The zero-order valence-electron chi connectivity index (χ0n) is 13.0. The molecule has 0 radical (unpaired) electrons. The maximum atomic E-state index is 12.4. The molecule has 2 heterocycles. The minimum absolute atomic E-state index is 0.0393. The fraction of sp³-hybridized carbons (Fsp3) is 0.933. The van der Waals surface area contributed by atoms with Crippen molar-refractivity contribution in [2.24, 2.45) is 0 Å². The van der Waals surface area contributed by atoms with Crippen LogP contribution in [0.2, 0.25) is 0 Å². The van der Waals surface area contributed by atoms with E-state index in [2.05, 4.69) is 10.2 Å². The lowest BCUT2D eigenvalue weighted by atomic mass is 10.0. The Labute approximate surface area is 128 Å². The summed E-state index contributed by atoms with van der Waals surface area (Å²) in [5, 5.41) is 3.36. The van der Waals surface area contributed by atoms with Crippen LogP contribution in [0.25, 0.3) is 0 Å². The van der Waals surface area contributed by atoms with Crippen LogP contribution < -0.4 is 5.32 Å². The summed E-state index contributed by atoms with van der Waals surface area (Å²) in [7, 11) is -2.95. The van der Waals surface area contributed by atoms with E-state index in [1.54, 1.807) is 6.92 Å². The topological polar surface area (TPSA) is 66.5 Å². The van der Waals surface area contributed by atoms with Crippen LogP contribution in [0.1, 0.15) is 45.4 Å². The van der Waals surface area contributed by atoms with E-state index >= 15 is 0 Å². The third kappa shape index (κ3) is 4.76. The SMILES string of the molecule is CCS(=O)(=O)CCCC(=O)C1CCCN1C1CCNCC1. The van der Waals surface area contributed by atoms with Gasteiger partial charge in [-0.1, -0.05) is 6.92 Å². The number of sulfone groups is 1. The fourth-order valence-electron chi connectivity index (χ4n) is 3.49. The van der Waals surface area contributed by atoms with Crippen molar-refractivity contribution >= 4 is 15.6 Å². The maximum absolute atomic E-state index is 12.4. The molecule has 2 aliphatic rings. The summed E-state index contributed by atoms with van der Waals surface area (Å²) in [5.41, 5.74) is 0. The molecule has 2 fully saturated rings. The second-order valence-corrected chi connectivity index (χ2v) is 8.66. The Morgan fingerprint density at radius 1 is 1.24 bits per heavy atom. The van der Waals surface area contributed by atoms with Gasteiger partial charge < -0.3 is 5.32 Å². The van der Waals surface area contributed by atoms with E-state index in [4.69, 9.17) is 0 Å². The second-order valence-electron chi connectivity index (χ2n) is 6.18. The van der Waals surface area contributed by atoms with Crippen molar-refractivity contribution in [2.75, 3.05) is 31.1 Å². The van der Waals surface area contributed by atoms with E-state index in [-0.39, 0.29) is 23.3 Å². The predicted molar refractivity (Wildman–Crippen MR) is 84.2 cm³/mol. The summed E-state index contributed by atoms with van der Waals surface area (Å²) < 4.78 is 23.0. The van der Waals surface area contributed by atoms with Crippen molar-refractivity contribution in [3.63, 3.8) is 0 Å². The van der Waals surface area contributed by atoms with Gasteiger partial charge in [-0.25, -0.2) is 8.42 Å². The van der Waals surface area contributed by atoms with E-state index in [0.717, 1.165) is 45.3 Å². The maximum Gasteiger partial charge on any atom is 0.150 e.